The van der Waals surface area contributed by atoms with Crippen LogP contribution in [0.4, 0.5) is 0 Å². The van der Waals surface area contributed by atoms with Crippen LogP contribution in [0.2, 0.25) is 0 Å². The van der Waals surface area contributed by atoms with E-state index in [-0.39, 0.29) is 6.04 Å². The van der Waals surface area contributed by atoms with Crippen molar-refractivity contribution >= 4 is 10.9 Å². The summed E-state index contributed by atoms with van der Waals surface area (Å²) in [6, 6.07) is 15.9. The third-order valence-electron chi connectivity index (χ3n) is 3.25. The lowest BCUT2D eigenvalue weighted by Crippen LogP contribution is -2.14. The molecule has 3 heteroatoms. The molecule has 0 aliphatic rings. The van der Waals surface area contributed by atoms with Gasteiger partial charge in [0.05, 0.1) is 17.3 Å². The maximum absolute atomic E-state index is 6.24. The van der Waals surface area contributed by atoms with Gasteiger partial charge in [-0.05, 0) is 36.2 Å². The van der Waals surface area contributed by atoms with E-state index in [4.69, 9.17) is 5.73 Å². The number of fused-ring (bicyclic) bond motifs is 1. The standard InChI is InChI=1S/C16H15N3/c17-14(16-7-3-4-9-18-16)11-12-8-10-19-15-6-2-1-5-13(12)15/h1-10,14H,11,17H2. The Morgan fingerprint density at radius 3 is 2.58 bits per heavy atom. The minimum Gasteiger partial charge on any atom is -0.322 e. The highest BCUT2D eigenvalue weighted by Gasteiger charge is 2.10. The maximum atomic E-state index is 6.24. The number of benzene rings is 1. The molecule has 2 N–H and O–H groups in total. The molecule has 0 aliphatic carbocycles. The highest BCUT2D eigenvalue weighted by molar-refractivity contribution is 5.81. The Hall–Kier alpha value is -2.26. The van der Waals surface area contributed by atoms with Gasteiger partial charge in [0.1, 0.15) is 0 Å². The Labute approximate surface area is 112 Å². The molecule has 0 amide bonds. The van der Waals surface area contributed by atoms with Gasteiger partial charge in [-0.2, -0.15) is 0 Å². The van der Waals surface area contributed by atoms with Gasteiger partial charge in [-0.15, -0.1) is 0 Å². The summed E-state index contributed by atoms with van der Waals surface area (Å²) in [5.41, 5.74) is 9.37. The summed E-state index contributed by atoms with van der Waals surface area (Å²) >= 11 is 0. The van der Waals surface area contributed by atoms with Crippen molar-refractivity contribution < 1.29 is 0 Å². The number of aromatic nitrogens is 2. The van der Waals surface area contributed by atoms with Crippen LogP contribution in [0.3, 0.4) is 0 Å². The van der Waals surface area contributed by atoms with E-state index in [9.17, 15) is 0 Å². The molecular weight excluding hydrogens is 234 g/mol. The molecule has 1 atom stereocenters. The monoisotopic (exact) mass is 249 g/mol. The van der Waals surface area contributed by atoms with Crippen molar-refractivity contribution in [3.8, 4) is 0 Å². The van der Waals surface area contributed by atoms with Gasteiger partial charge >= 0.3 is 0 Å². The van der Waals surface area contributed by atoms with Gasteiger partial charge in [0, 0.05) is 17.8 Å². The van der Waals surface area contributed by atoms with Crippen molar-refractivity contribution in [3.63, 3.8) is 0 Å². The summed E-state index contributed by atoms with van der Waals surface area (Å²) in [6.45, 7) is 0. The summed E-state index contributed by atoms with van der Waals surface area (Å²) in [4.78, 5) is 8.68. The maximum Gasteiger partial charge on any atom is 0.0704 e. The minimum absolute atomic E-state index is 0.0907. The second kappa shape index (κ2) is 5.16. The largest absolute Gasteiger partial charge is 0.322 e. The number of nitrogens with zero attached hydrogens (tertiary/aromatic N) is 2. The minimum atomic E-state index is -0.0907. The van der Waals surface area contributed by atoms with E-state index in [1.807, 2.05) is 48.7 Å². The molecular formula is C16H15N3. The van der Waals surface area contributed by atoms with Crippen LogP contribution in [-0.4, -0.2) is 9.97 Å². The van der Waals surface area contributed by atoms with Gasteiger partial charge in [0.15, 0.2) is 0 Å². The highest BCUT2D eigenvalue weighted by Crippen LogP contribution is 2.21. The van der Waals surface area contributed by atoms with Crippen molar-refractivity contribution in [2.24, 2.45) is 5.73 Å². The quantitative estimate of drug-likeness (QED) is 0.776. The lowest BCUT2D eigenvalue weighted by Gasteiger charge is -2.12. The molecule has 0 radical (unpaired) electrons. The zero-order valence-electron chi connectivity index (χ0n) is 10.5. The fourth-order valence-electron chi connectivity index (χ4n) is 2.27. The molecule has 19 heavy (non-hydrogen) atoms. The van der Waals surface area contributed by atoms with Crippen LogP contribution >= 0.6 is 0 Å². The van der Waals surface area contributed by atoms with Crippen LogP contribution in [0, 0.1) is 0 Å². The normalized spacial score (nSPS) is 12.5. The summed E-state index contributed by atoms with van der Waals surface area (Å²) in [7, 11) is 0. The SMILES string of the molecule is NC(Cc1ccnc2ccccc12)c1ccccn1. The van der Waals surface area contributed by atoms with Crippen molar-refractivity contribution in [2.75, 3.05) is 0 Å². The molecule has 0 saturated heterocycles. The van der Waals surface area contributed by atoms with Crippen molar-refractivity contribution in [1.82, 2.24) is 9.97 Å². The van der Waals surface area contributed by atoms with E-state index in [1.54, 1.807) is 6.20 Å². The van der Waals surface area contributed by atoms with E-state index in [0.717, 1.165) is 23.0 Å². The van der Waals surface area contributed by atoms with Gasteiger partial charge < -0.3 is 5.73 Å². The topological polar surface area (TPSA) is 51.8 Å². The highest BCUT2D eigenvalue weighted by atomic mass is 14.8. The number of para-hydroxylation sites is 1. The number of hydrogen-bond donors (Lipinski definition) is 1. The smallest absolute Gasteiger partial charge is 0.0704 e. The number of hydrogen-bond acceptors (Lipinski definition) is 3. The van der Waals surface area contributed by atoms with E-state index in [2.05, 4.69) is 16.0 Å². The van der Waals surface area contributed by atoms with Gasteiger partial charge in [-0.1, -0.05) is 24.3 Å². The molecule has 94 valence electrons. The Morgan fingerprint density at radius 2 is 1.74 bits per heavy atom. The van der Waals surface area contributed by atoms with Gasteiger partial charge in [-0.3, -0.25) is 9.97 Å². The van der Waals surface area contributed by atoms with Crippen LogP contribution in [-0.2, 0) is 6.42 Å². The third kappa shape index (κ3) is 2.46. The molecule has 0 fully saturated rings. The summed E-state index contributed by atoms with van der Waals surface area (Å²) in [6.07, 6.45) is 4.38. The zero-order valence-corrected chi connectivity index (χ0v) is 10.5. The van der Waals surface area contributed by atoms with E-state index in [1.165, 1.54) is 5.56 Å². The molecule has 3 rings (SSSR count). The first-order valence-corrected chi connectivity index (χ1v) is 6.34. The Morgan fingerprint density at radius 1 is 0.895 bits per heavy atom. The number of nitrogens with two attached hydrogens (primary N) is 1. The fraction of sp³-hybridized carbons (Fsp3) is 0.125. The lowest BCUT2D eigenvalue weighted by atomic mass is 10.0. The lowest BCUT2D eigenvalue weighted by molar-refractivity contribution is 0.699. The Balaban J connectivity index is 1.94. The van der Waals surface area contributed by atoms with Crippen LogP contribution in [0.1, 0.15) is 17.3 Å². The average Bonchev–Trinajstić information content (AvgIpc) is 2.48. The number of pyridine rings is 2. The summed E-state index contributed by atoms with van der Waals surface area (Å²) in [5, 5.41) is 1.16. The first-order valence-electron chi connectivity index (χ1n) is 6.34. The van der Waals surface area contributed by atoms with Gasteiger partial charge in [0.2, 0.25) is 0 Å². The van der Waals surface area contributed by atoms with Crippen LogP contribution in [0.5, 0.6) is 0 Å². The Kier molecular flexibility index (Phi) is 3.21. The Bertz CT molecular complexity index is 674. The van der Waals surface area contributed by atoms with Crippen LogP contribution < -0.4 is 5.73 Å². The van der Waals surface area contributed by atoms with Crippen molar-refractivity contribution in [2.45, 2.75) is 12.5 Å². The molecule has 1 aromatic carbocycles. The van der Waals surface area contributed by atoms with Crippen LogP contribution in [0.15, 0.2) is 60.9 Å². The molecule has 3 aromatic rings. The second-order valence-electron chi connectivity index (χ2n) is 4.55. The second-order valence-corrected chi connectivity index (χ2v) is 4.55. The molecule has 2 heterocycles. The first-order chi connectivity index (χ1) is 9.34. The molecule has 2 aromatic heterocycles. The van der Waals surface area contributed by atoms with Crippen molar-refractivity contribution in [3.05, 3.63) is 72.2 Å². The van der Waals surface area contributed by atoms with Gasteiger partial charge in [-0.25, -0.2) is 0 Å². The van der Waals surface area contributed by atoms with E-state index in [0.29, 0.717) is 0 Å². The fourth-order valence-corrected chi connectivity index (χ4v) is 2.27. The molecule has 0 saturated carbocycles. The van der Waals surface area contributed by atoms with Gasteiger partial charge in [0.25, 0.3) is 0 Å². The summed E-state index contributed by atoms with van der Waals surface area (Å²) < 4.78 is 0. The van der Waals surface area contributed by atoms with Crippen LogP contribution in [0.25, 0.3) is 10.9 Å². The molecule has 1 unspecified atom stereocenters. The third-order valence-corrected chi connectivity index (χ3v) is 3.25. The molecule has 3 nitrogen and oxygen atoms in total. The zero-order chi connectivity index (χ0) is 13.1. The molecule has 0 aliphatic heterocycles. The average molecular weight is 249 g/mol. The number of rotatable bonds is 3. The molecule has 0 bridgehead atoms. The summed E-state index contributed by atoms with van der Waals surface area (Å²) in [5.74, 6) is 0. The van der Waals surface area contributed by atoms with Crippen molar-refractivity contribution in [1.29, 1.82) is 0 Å². The predicted molar refractivity (Wildman–Crippen MR) is 76.6 cm³/mol. The molecule has 0 spiro atoms. The van der Waals surface area contributed by atoms with E-state index < -0.39 is 0 Å². The van der Waals surface area contributed by atoms with E-state index >= 15 is 0 Å². The predicted octanol–water partition coefficient (Wildman–Crippen LogP) is 2.87. The first kappa shape index (κ1) is 11.8.